The third kappa shape index (κ3) is 5.69. The molecule has 0 saturated carbocycles. The van der Waals surface area contributed by atoms with Crippen molar-refractivity contribution in [3.63, 3.8) is 0 Å². The van der Waals surface area contributed by atoms with Crippen molar-refractivity contribution in [2.24, 2.45) is 5.41 Å². The summed E-state index contributed by atoms with van der Waals surface area (Å²) in [5.74, 6) is 0.760. The summed E-state index contributed by atoms with van der Waals surface area (Å²) >= 11 is 0. The highest BCUT2D eigenvalue weighted by Crippen LogP contribution is 2.26. The van der Waals surface area contributed by atoms with E-state index in [0.29, 0.717) is 17.2 Å². The highest BCUT2D eigenvalue weighted by Gasteiger charge is 2.15. The van der Waals surface area contributed by atoms with Gasteiger partial charge in [-0.15, -0.1) is 0 Å². The number of aryl methyl sites for hydroxylation is 1. The van der Waals surface area contributed by atoms with Crippen LogP contribution in [0.3, 0.4) is 0 Å². The Bertz CT molecular complexity index is 817. The van der Waals surface area contributed by atoms with Crippen molar-refractivity contribution in [2.75, 3.05) is 11.9 Å². The largest absolute Gasteiger partial charge is 0.453 e. The van der Waals surface area contributed by atoms with Crippen LogP contribution in [-0.4, -0.2) is 27.6 Å². The molecule has 138 valence electrons. The number of carbonyl (C=O) groups excluding carboxylic acids is 1. The molecule has 0 aromatic carbocycles. The van der Waals surface area contributed by atoms with E-state index in [9.17, 15) is 14.9 Å². The zero-order valence-corrected chi connectivity index (χ0v) is 15.0. The molecule has 0 saturated heterocycles. The van der Waals surface area contributed by atoms with Gasteiger partial charge >= 0.3 is 11.9 Å². The van der Waals surface area contributed by atoms with Crippen molar-refractivity contribution in [1.82, 2.24) is 9.97 Å². The molecule has 0 spiro atoms. The molecule has 0 atom stereocenters. The molecule has 0 fully saturated rings. The molecule has 2 aromatic rings. The van der Waals surface area contributed by atoms with E-state index < -0.39 is 11.0 Å². The van der Waals surface area contributed by atoms with Crippen molar-refractivity contribution in [3.8, 4) is 11.5 Å². The Morgan fingerprint density at radius 1 is 1.31 bits per heavy atom. The molecule has 0 radical (unpaired) electrons. The maximum atomic E-state index is 11.8. The lowest BCUT2D eigenvalue weighted by atomic mass is 9.99. The highest BCUT2D eigenvalue weighted by molar-refractivity contribution is 5.83. The molecule has 2 rings (SSSR count). The van der Waals surface area contributed by atoms with Gasteiger partial charge in [-0.2, -0.15) is 0 Å². The molecule has 0 aliphatic carbocycles. The number of ether oxygens (including phenoxy) is 2. The number of nitrogens with one attached hydrogen (secondary N) is 1. The van der Waals surface area contributed by atoms with E-state index in [1.165, 1.54) is 24.4 Å². The Morgan fingerprint density at radius 3 is 2.65 bits per heavy atom. The van der Waals surface area contributed by atoms with Crippen LogP contribution in [0.4, 0.5) is 16.4 Å². The van der Waals surface area contributed by atoms with Crippen LogP contribution in [0, 0.1) is 22.5 Å². The third-order valence-corrected chi connectivity index (χ3v) is 3.04. The number of anilines is 1. The molecule has 9 nitrogen and oxygen atoms in total. The van der Waals surface area contributed by atoms with Crippen LogP contribution < -0.4 is 10.1 Å². The van der Waals surface area contributed by atoms with Crippen LogP contribution in [0.25, 0.3) is 0 Å². The molecule has 2 aromatic heterocycles. The predicted octanol–water partition coefficient (Wildman–Crippen LogP) is 4.08. The van der Waals surface area contributed by atoms with Gasteiger partial charge < -0.3 is 19.6 Å². The number of amides is 1. The van der Waals surface area contributed by atoms with E-state index in [1.807, 2.05) is 20.8 Å². The average Bonchev–Trinajstić information content (AvgIpc) is 2.54. The first kappa shape index (κ1) is 19.1. The number of aromatic nitrogens is 2. The van der Waals surface area contributed by atoms with E-state index in [1.54, 1.807) is 13.0 Å². The number of rotatable bonds is 5. The number of carbonyl (C=O) groups is 1. The van der Waals surface area contributed by atoms with Crippen LogP contribution in [0.1, 0.15) is 26.5 Å². The molecule has 0 aliphatic heterocycles. The summed E-state index contributed by atoms with van der Waals surface area (Å²) in [6.07, 6.45) is 0.848. The maximum absolute atomic E-state index is 11.8. The van der Waals surface area contributed by atoms with Gasteiger partial charge in [-0.3, -0.25) is 5.32 Å². The topological polar surface area (TPSA) is 116 Å². The van der Waals surface area contributed by atoms with Crippen molar-refractivity contribution in [1.29, 1.82) is 0 Å². The summed E-state index contributed by atoms with van der Waals surface area (Å²) in [6.45, 7) is 7.73. The first-order valence-corrected chi connectivity index (χ1v) is 7.84. The van der Waals surface area contributed by atoms with E-state index >= 15 is 0 Å². The second-order valence-electron chi connectivity index (χ2n) is 6.75. The normalized spacial score (nSPS) is 10.9. The molecule has 1 amide bonds. The Balaban J connectivity index is 2.05. The highest BCUT2D eigenvalue weighted by atomic mass is 16.6. The van der Waals surface area contributed by atoms with Gasteiger partial charge in [-0.25, -0.2) is 9.78 Å². The van der Waals surface area contributed by atoms with Gasteiger partial charge in [0.2, 0.25) is 0 Å². The summed E-state index contributed by atoms with van der Waals surface area (Å²) in [7, 11) is 0. The number of nitro groups is 1. The third-order valence-electron chi connectivity index (χ3n) is 3.04. The average molecular weight is 360 g/mol. The second kappa shape index (κ2) is 7.77. The van der Waals surface area contributed by atoms with Gasteiger partial charge in [0.05, 0.1) is 6.61 Å². The lowest BCUT2D eigenvalue weighted by Gasteiger charge is -2.17. The van der Waals surface area contributed by atoms with Gasteiger partial charge in [0.15, 0.2) is 11.4 Å². The molecular weight excluding hydrogens is 340 g/mol. The fourth-order valence-corrected chi connectivity index (χ4v) is 1.84. The van der Waals surface area contributed by atoms with Crippen LogP contribution in [-0.2, 0) is 4.74 Å². The van der Waals surface area contributed by atoms with Gasteiger partial charge in [-0.1, -0.05) is 20.8 Å². The fourth-order valence-electron chi connectivity index (χ4n) is 1.84. The molecule has 0 aliphatic rings. The summed E-state index contributed by atoms with van der Waals surface area (Å²) in [6, 6.07) is 5.82. The van der Waals surface area contributed by atoms with E-state index in [0.717, 1.165) is 0 Å². The maximum Gasteiger partial charge on any atom is 0.412 e. The second-order valence-corrected chi connectivity index (χ2v) is 6.75. The Labute approximate surface area is 150 Å². The van der Waals surface area contributed by atoms with Crippen LogP contribution in [0.5, 0.6) is 11.5 Å². The van der Waals surface area contributed by atoms with Crippen LogP contribution in [0.15, 0.2) is 30.5 Å². The van der Waals surface area contributed by atoms with Crippen molar-refractivity contribution >= 4 is 17.7 Å². The summed E-state index contributed by atoms with van der Waals surface area (Å²) in [5, 5.41) is 13.2. The number of pyridine rings is 2. The van der Waals surface area contributed by atoms with Gasteiger partial charge in [0.25, 0.3) is 0 Å². The van der Waals surface area contributed by atoms with Gasteiger partial charge in [-0.05, 0) is 27.5 Å². The first-order valence-electron chi connectivity index (χ1n) is 7.84. The molecule has 26 heavy (non-hydrogen) atoms. The van der Waals surface area contributed by atoms with Crippen molar-refractivity contribution in [2.45, 2.75) is 27.7 Å². The summed E-state index contributed by atoms with van der Waals surface area (Å²) in [4.78, 5) is 29.8. The van der Waals surface area contributed by atoms with Gasteiger partial charge in [0, 0.05) is 25.3 Å². The van der Waals surface area contributed by atoms with Gasteiger partial charge in [0.1, 0.15) is 11.6 Å². The minimum absolute atomic E-state index is 0.143. The molecule has 0 bridgehead atoms. The lowest BCUT2D eigenvalue weighted by molar-refractivity contribution is -0.389. The monoisotopic (exact) mass is 360 g/mol. The quantitative estimate of drug-likeness (QED) is 0.630. The van der Waals surface area contributed by atoms with Crippen molar-refractivity contribution in [3.05, 3.63) is 46.3 Å². The van der Waals surface area contributed by atoms with E-state index in [2.05, 4.69) is 15.3 Å². The number of nitrogens with zero attached hydrogens (tertiary/aromatic N) is 3. The summed E-state index contributed by atoms with van der Waals surface area (Å²) in [5.41, 5.74) is 0.228. The molecule has 1 N–H and O–H groups in total. The standard InChI is InChI=1S/C17H20N4O5/c1-11-13(5-6-15(19-11)21(23)24)26-12-7-8-18-14(9-12)20-16(22)25-10-17(2,3)4/h5-9H,10H2,1-4H3,(H,18,20,22). The lowest BCUT2D eigenvalue weighted by Crippen LogP contribution is -2.22. The zero-order chi connectivity index (χ0) is 19.3. The molecular formula is C17H20N4O5. The molecule has 9 heteroatoms. The number of hydrogen-bond donors (Lipinski definition) is 1. The van der Waals surface area contributed by atoms with Crippen LogP contribution >= 0.6 is 0 Å². The van der Waals surface area contributed by atoms with Crippen LogP contribution in [0.2, 0.25) is 0 Å². The minimum atomic E-state index is -0.613. The Hall–Kier alpha value is -3.23. The van der Waals surface area contributed by atoms with Crippen molar-refractivity contribution < 1.29 is 19.2 Å². The Morgan fingerprint density at radius 2 is 2.04 bits per heavy atom. The zero-order valence-electron chi connectivity index (χ0n) is 15.0. The molecule has 0 unspecified atom stereocenters. The smallest absolute Gasteiger partial charge is 0.412 e. The fraction of sp³-hybridized carbons (Fsp3) is 0.353. The first-order chi connectivity index (χ1) is 12.1. The minimum Gasteiger partial charge on any atom is -0.453 e. The molecule has 2 heterocycles. The summed E-state index contributed by atoms with van der Waals surface area (Å²) < 4.78 is 10.8. The Kier molecular flexibility index (Phi) is 5.71. The van der Waals surface area contributed by atoms with E-state index in [4.69, 9.17) is 9.47 Å². The predicted molar refractivity (Wildman–Crippen MR) is 94.4 cm³/mol. The SMILES string of the molecule is Cc1nc([N+](=O)[O-])ccc1Oc1ccnc(NC(=O)OCC(C)(C)C)c1. The number of hydrogen-bond acceptors (Lipinski definition) is 7. The van der Waals surface area contributed by atoms with E-state index in [-0.39, 0.29) is 23.7 Å².